The van der Waals surface area contributed by atoms with E-state index in [1.54, 1.807) is 7.11 Å². The quantitative estimate of drug-likeness (QED) is 0.882. The van der Waals surface area contributed by atoms with Crippen molar-refractivity contribution >= 4 is 17.4 Å². The summed E-state index contributed by atoms with van der Waals surface area (Å²) in [7, 11) is 1.60. The first-order valence-corrected chi connectivity index (χ1v) is 6.63. The fourth-order valence-electron chi connectivity index (χ4n) is 1.73. The summed E-state index contributed by atoms with van der Waals surface area (Å²) < 4.78 is 5.25. The number of carbonyl (C=O) groups excluding carboxylic acids is 1. The molecule has 1 aromatic heterocycles. The first-order valence-electron chi connectivity index (χ1n) is 6.63. The van der Waals surface area contributed by atoms with E-state index in [9.17, 15) is 4.79 Å². The zero-order valence-corrected chi connectivity index (χ0v) is 12.3. The van der Waals surface area contributed by atoms with E-state index >= 15 is 0 Å². The fraction of sp³-hybridized carbons (Fsp3) is 0.267. The van der Waals surface area contributed by atoms with Gasteiger partial charge in [0.2, 0.25) is 0 Å². The smallest absolute Gasteiger partial charge is 0.271 e. The van der Waals surface area contributed by atoms with Crippen LogP contribution in [-0.2, 0) is 0 Å². The first kappa shape index (κ1) is 14.8. The molecule has 2 N–H and O–H groups in total. The maximum atomic E-state index is 11.8. The Morgan fingerprint density at radius 2 is 1.95 bits per heavy atom. The summed E-state index contributed by atoms with van der Waals surface area (Å²) in [6.07, 6.45) is 2.96. The molecule has 0 unspecified atom stereocenters. The van der Waals surface area contributed by atoms with Gasteiger partial charge in [0.1, 0.15) is 17.3 Å². The number of ether oxygens (including phenoxy) is 1. The van der Waals surface area contributed by atoms with Crippen LogP contribution in [0.25, 0.3) is 0 Å². The van der Waals surface area contributed by atoms with Gasteiger partial charge in [-0.2, -0.15) is 0 Å². The first-order chi connectivity index (χ1) is 10.1. The number of nitrogens with zero attached hydrogens (tertiary/aromatic N) is 2. The number of aromatic nitrogens is 2. The van der Waals surface area contributed by atoms with Crippen molar-refractivity contribution < 1.29 is 9.53 Å². The van der Waals surface area contributed by atoms with E-state index in [1.165, 1.54) is 12.4 Å². The maximum Gasteiger partial charge on any atom is 0.271 e. The summed E-state index contributed by atoms with van der Waals surface area (Å²) in [5, 5.41) is 5.86. The molecule has 0 aliphatic carbocycles. The standard InChI is InChI=1S/C15H18N4O2/c1-10(2)18-15(20)12-8-17-14(9-16-12)19-11-6-4-5-7-13(11)21-3/h4-10H,1-3H3,(H,17,19)(H,18,20). The van der Waals surface area contributed by atoms with Gasteiger partial charge in [-0.1, -0.05) is 12.1 Å². The van der Waals surface area contributed by atoms with E-state index in [0.717, 1.165) is 5.69 Å². The van der Waals surface area contributed by atoms with E-state index < -0.39 is 0 Å². The van der Waals surface area contributed by atoms with Crippen LogP contribution in [0, 0.1) is 0 Å². The van der Waals surface area contributed by atoms with Gasteiger partial charge in [-0.25, -0.2) is 9.97 Å². The second-order valence-electron chi connectivity index (χ2n) is 4.74. The van der Waals surface area contributed by atoms with Crippen LogP contribution in [0.4, 0.5) is 11.5 Å². The Labute approximate surface area is 123 Å². The number of benzene rings is 1. The Balaban J connectivity index is 2.11. The van der Waals surface area contributed by atoms with Crippen LogP contribution in [0.15, 0.2) is 36.7 Å². The van der Waals surface area contributed by atoms with Crippen molar-refractivity contribution in [3.63, 3.8) is 0 Å². The molecule has 0 radical (unpaired) electrons. The average Bonchev–Trinajstić information content (AvgIpc) is 2.48. The Morgan fingerprint density at radius 3 is 2.57 bits per heavy atom. The van der Waals surface area contributed by atoms with E-state index in [4.69, 9.17) is 4.74 Å². The predicted molar refractivity (Wildman–Crippen MR) is 80.9 cm³/mol. The molecule has 0 saturated carbocycles. The van der Waals surface area contributed by atoms with Gasteiger partial charge in [-0.05, 0) is 26.0 Å². The van der Waals surface area contributed by atoms with Gasteiger partial charge in [0.15, 0.2) is 0 Å². The number of anilines is 2. The predicted octanol–water partition coefficient (Wildman–Crippen LogP) is 2.37. The molecule has 0 fully saturated rings. The van der Waals surface area contributed by atoms with Gasteiger partial charge in [0.05, 0.1) is 25.2 Å². The van der Waals surface area contributed by atoms with Crippen LogP contribution >= 0.6 is 0 Å². The van der Waals surface area contributed by atoms with Gasteiger partial charge in [0, 0.05) is 6.04 Å². The van der Waals surface area contributed by atoms with E-state index in [0.29, 0.717) is 11.6 Å². The molecule has 1 aromatic carbocycles. The van der Waals surface area contributed by atoms with E-state index in [-0.39, 0.29) is 17.6 Å². The maximum absolute atomic E-state index is 11.8. The molecular weight excluding hydrogens is 268 g/mol. The summed E-state index contributed by atoms with van der Waals surface area (Å²) in [5.74, 6) is 1.02. The number of para-hydroxylation sites is 2. The van der Waals surface area contributed by atoms with Crippen LogP contribution in [0.1, 0.15) is 24.3 Å². The number of methoxy groups -OCH3 is 1. The SMILES string of the molecule is COc1ccccc1Nc1cnc(C(=O)NC(C)C)cn1. The molecule has 2 aromatic rings. The summed E-state index contributed by atoms with van der Waals surface area (Å²) in [4.78, 5) is 20.1. The number of nitrogens with one attached hydrogen (secondary N) is 2. The van der Waals surface area contributed by atoms with Crippen molar-refractivity contribution in [3.05, 3.63) is 42.4 Å². The largest absolute Gasteiger partial charge is 0.495 e. The zero-order chi connectivity index (χ0) is 15.2. The molecule has 0 spiro atoms. The average molecular weight is 286 g/mol. The lowest BCUT2D eigenvalue weighted by atomic mass is 10.3. The lowest BCUT2D eigenvalue weighted by Gasteiger charge is -2.10. The molecule has 2 rings (SSSR count). The molecule has 1 amide bonds. The van der Waals surface area contributed by atoms with Crippen LogP contribution in [-0.4, -0.2) is 29.0 Å². The lowest BCUT2D eigenvalue weighted by molar-refractivity contribution is 0.0937. The molecule has 0 atom stereocenters. The monoisotopic (exact) mass is 286 g/mol. The number of rotatable bonds is 5. The molecule has 0 saturated heterocycles. The normalized spacial score (nSPS) is 10.3. The van der Waals surface area contributed by atoms with Crippen molar-refractivity contribution in [1.82, 2.24) is 15.3 Å². The topological polar surface area (TPSA) is 76.1 Å². The summed E-state index contributed by atoms with van der Waals surface area (Å²) in [6.45, 7) is 3.78. The van der Waals surface area contributed by atoms with E-state index in [2.05, 4.69) is 20.6 Å². The summed E-state index contributed by atoms with van der Waals surface area (Å²) >= 11 is 0. The van der Waals surface area contributed by atoms with Crippen molar-refractivity contribution in [2.24, 2.45) is 0 Å². The molecule has 1 heterocycles. The Hall–Kier alpha value is -2.63. The highest BCUT2D eigenvalue weighted by molar-refractivity contribution is 5.92. The van der Waals surface area contributed by atoms with Crippen LogP contribution in [0.3, 0.4) is 0 Å². The minimum absolute atomic E-state index is 0.0608. The molecular formula is C15H18N4O2. The minimum Gasteiger partial charge on any atom is -0.495 e. The van der Waals surface area contributed by atoms with Gasteiger partial charge in [-0.15, -0.1) is 0 Å². The highest BCUT2D eigenvalue weighted by atomic mass is 16.5. The molecule has 6 nitrogen and oxygen atoms in total. The van der Waals surface area contributed by atoms with Gasteiger partial charge in [-0.3, -0.25) is 4.79 Å². The highest BCUT2D eigenvalue weighted by Crippen LogP contribution is 2.25. The molecule has 6 heteroatoms. The molecule has 0 aliphatic rings. The second-order valence-corrected chi connectivity index (χ2v) is 4.74. The fourth-order valence-corrected chi connectivity index (χ4v) is 1.73. The number of amides is 1. The zero-order valence-electron chi connectivity index (χ0n) is 12.3. The van der Waals surface area contributed by atoms with Gasteiger partial charge >= 0.3 is 0 Å². The molecule has 0 aliphatic heterocycles. The Morgan fingerprint density at radius 1 is 1.19 bits per heavy atom. The van der Waals surface area contributed by atoms with Crippen LogP contribution < -0.4 is 15.4 Å². The Bertz CT molecular complexity index is 611. The lowest BCUT2D eigenvalue weighted by Crippen LogP contribution is -2.30. The molecule has 21 heavy (non-hydrogen) atoms. The minimum atomic E-state index is -0.235. The third kappa shape index (κ3) is 3.92. The van der Waals surface area contributed by atoms with Gasteiger partial charge < -0.3 is 15.4 Å². The van der Waals surface area contributed by atoms with Crippen molar-refractivity contribution in [3.8, 4) is 5.75 Å². The number of carbonyl (C=O) groups is 1. The molecule has 0 bridgehead atoms. The van der Waals surface area contributed by atoms with Crippen molar-refractivity contribution in [1.29, 1.82) is 0 Å². The van der Waals surface area contributed by atoms with Crippen molar-refractivity contribution in [2.75, 3.05) is 12.4 Å². The summed E-state index contributed by atoms with van der Waals surface area (Å²) in [5.41, 5.74) is 1.07. The van der Waals surface area contributed by atoms with E-state index in [1.807, 2.05) is 38.1 Å². The third-order valence-electron chi connectivity index (χ3n) is 2.67. The van der Waals surface area contributed by atoms with Gasteiger partial charge in [0.25, 0.3) is 5.91 Å². The highest BCUT2D eigenvalue weighted by Gasteiger charge is 2.09. The third-order valence-corrected chi connectivity index (χ3v) is 2.67. The summed E-state index contributed by atoms with van der Waals surface area (Å²) in [6, 6.07) is 7.56. The number of hydrogen-bond acceptors (Lipinski definition) is 5. The molecule has 110 valence electrons. The van der Waals surface area contributed by atoms with Crippen LogP contribution in [0.2, 0.25) is 0 Å². The van der Waals surface area contributed by atoms with Crippen LogP contribution in [0.5, 0.6) is 5.75 Å². The van der Waals surface area contributed by atoms with Crippen molar-refractivity contribution in [2.45, 2.75) is 19.9 Å². The number of hydrogen-bond donors (Lipinski definition) is 2. The second kappa shape index (κ2) is 6.69. The Kier molecular flexibility index (Phi) is 4.71.